The average Bonchev–Trinajstić information content (AvgIpc) is 2.88. The van der Waals surface area contributed by atoms with E-state index in [1.54, 1.807) is 55.5 Å². The molecule has 1 atom stereocenters. The number of anilines is 1. The summed E-state index contributed by atoms with van der Waals surface area (Å²) < 4.78 is 29.0. The first kappa shape index (κ1) is 31.5. The molecule has 0 aromatic heterocycles. The van der Waals surface area contributed by atoms with Crippen LogP contribution in [0.25, 0.3) is 0 Å². The first-order chi connectivity index (χ1) is 18.8. The van der Waals surface area contributed by atoms with E-state index in [-0.39, 0.29) is 23.4 Å². The van der Waals surface area contributed by atoms with E-state index in [2.05, 4.69) is 5.32 Å². The van der Waals surface area contributed by atoms with E-state index in [1.165, 1.54) is 17.0 Å². The molecule has 3 aromatic carbocycles. The van der Waals surface area contributed by atoms with E-state index in [1.807, 2.05) is 33.8 Å². The van der Waals surface area contributed by atoms with Crippen LogP contribution in [0, 0.1) is 13.8 Å². The molecule has 0 bridgehead atoms. The summed E-state index contributed by atoms with van der Waals surface area (Å²) >= 11 is 12.9. The standard InChI is InChI=1S/C30H35Cl2N3O4S/c1-6-28(30(37)33-20(2)3)34(18-25-26(31)13-10-14-27(25)32)29(36)19-35(23-16-21(4)15-22(5)17-23)40(38,39)24-11-8-7-9-12-24/h7-17,20,28H,6,18-19H2,1-5H3,(H,33,37)/t28-/m1/s1. The quantitative estimate of drug-likeness (QED) is 0.285. The molecular weight excluding hydrogens is 569 g/mol. The molecule has 1 N–H and O–H groups in total. The van der Waals surface area contributed by atoms with Gasteiger partial charge in [-0.1, -0.05) is 60.5 Å². The first-order valence-corrected chi connectivity index (χ1v) is 15.2. The Morgan fingerprint density at radius 2 is 1.48 bits per heavy atom. The highest BCUT2D eigenvalue weighted by Crippen LogP contribution is 2.29. The third-order valence-electron chi connectivity index (χ3n) is 6.31. The molecule has 2 amide bonds. The smallest absolute Gasteiger partial charge is 0.264 e. The van der Waals surface area contributed by atoms with Crippen molar-refractivity contribution in [2.24, 2.45) is 0 Å². The summed E-state index contributed by atoms with van der Waals surface area (Å²) in [6.07, 6.45) is 0.293. The van der Waals surface area contributed by atoms with Crippen molar-refractivity contribution >= 4 is 50.7 Å². The monoisotopic (exact) mass is 603 g/mol. The summed E-state index contributed by atoms with van der Waals surface area (Å²) in [6, 6.07) is 17.3. The summed E-state index contributed by atoms with van der Waals surface area (Å²) in [4.78, 5) is 28.8. The molecule has 40 heavy (non-hydrogen) atoms. The number of halogens is 2. The number of benzene rings is 3. The SMILES string of the molecule is CC[C@H](C(=O)NC(C)C)N(Cc1c(Cl)cccc1Cl)C(=O)CN(c1cc(C)cc(C)c1)S(=O)(=O)c1ccccc1. The van der Waals surface area contributed by atoms with Gasteiger partial charge in [-0.05, 0) is 81.6 Å². The van der Waals surface area contributed by atoms with Crippen LogP contribution in [0.5, 0.6) is 0 Å². The van der Waals surface area contributed by atoms with E-state index >= 15 is 0 Å². The third kappa shape index (κ3) is 7.56. The second-order valence-corrected chi connectivity index (χ2v) is 12.7. The number of aryl methyl sites for hydroxylation is 2. The van der Waals surface area contributed by atoms with Crippen LogP contribution in [0.2, 0.25) is 10.0 Å². The van der Waals surface area contributed by atoms with Crippen LogP contribution in [0.15, 0.2) is 71.6 Å². The molecule has 0 saturated carbocycles. The zero-order valence-corrected chi connectivity index (χ0v) is 25.6. The van der Waals surface area contributed by atoms with Gasteiger partial charge in [0.1, 0.15) is 12.6 Å². The van der Waals surface area contributed by atoms with Crippen molar-refractivity contribution in [1.29, 1.82) is 0 Å². The lowest BCUT2D eigenvalue weighted by atomic mass is 10.1. The number of carbonyl (C=O) groups excluding carboxylic acids is 2. The number of carbonyl (C=O) groups is 2. The zero-order valence-electron chi connectivity index (χ0n) is 23.3. The molecule has 7 nitrogen and oxygen atoms in total. The second kappa shape index (κ2) is 13.5. The van der Waals surface area contributed by atoms with Crippen LogP contribution in [0.4, 0.5) is 5.69 Å². The van der Waals surface area contributed by atoms with Crippen LogP contribution in [0.3, 0.4) is 0 Å². The van der Waals surface area contributed by atoms with Crippen LogP contribution in [-0.2, 0) is 26.2 Å². The van der Waals surface area contributed by atoms with Gasteiger partial charge in [-0.15, -0.1) is 0 Å². The second-order valence-electron chi connectivity index (χ2n) is 9.98. The highest BCUT2D eigenvalue weighted by molar-refractivity contribution is 7.92. The van der Waals surface area contributed by atoms with Gasteiger partial charge in [0.2, 0.25) is 11.8 Å². The molecule has 0 aliphatic rings. The minimum Gasteiger partial charge on any atom is -0.352 e. The van der Waals surface area contributed by atoms with Gasteiger partial charge in [-0.3, -0.25) is 13.9 Å². The van der Waals surface area contributed by atoms with Crippen LogP contribution in [0.1, 0.15) is 43.9 Å². The zero-order chi connectivity index (χ0) is 29.6. The molecule has 0 radical (unpaired) electrons. The number of hydrogen-bond acceptors (Lipinski definition) is 4. The van der Waals surface area contributed by atoms with E-state index in [0.717, 1.165) is 15.4 Å². The Balaban J connectivity index is 2.13. The topological polar surface area (TPSA) is 86.8 Å². The number of hydrogen-bond donors (Lipinski definition) is 1. The van der Waals surface area contributed by atoms with Gasteiger partial charge in [0.05, 0.1) is 10.6 Å². The van der Waals surface area contributed by atoms with Crippen LogP contribution in [-0.4, -0.2) is 43.8 Å². The summed E-state index contributed by atoms with van der Waals surface area (Å²) in [5.74, 6) is -0.918. The number of nitrogens with one attached hydrogen (secondary N) is 1. The molecule has 3 rings (SSSR count). The van der Waals surface area contributed by atoms with Gasteiger partial charge >= 0.3 is 0 Å². The van der Waals surface area contributed by atoms with Gasteiger partial charge in [-0.2, -0.15) is 0 Å². The molecule has 0 heterocycles. The third-order valence-corrected chi connectivity index (χ3v) is 8.81. The van der Waals surface area contributed by atoms with Crippen LogP contribution >= 0.6 is 23.2 Å². The largest absolute Gasteiger partial charge is 0.352 e. The van der Waals surface area contributed by atoms with Crippen molar-refractivity contribution in [1.82, 2.24) is 10.2 Å². The summed E-state index contributed by atoms with van der Waals surface area (Å²) in [6.45, 7) is 8.57. The first-order valence-electron chi connectivity index (χ1n) is 13.0. The van der Waals surface area contributed by atoms with Crippen molar-refractivity contribution in [3.05, 3.63) is 93.5 Å². The Bertz CT molecular complexity index is 1420. The maximum absolute atomic E-state index is 14.1. The van der Waals surface area contributed by atoms with E-state index in [0.29, 0.717) is 27.7 Å². The number of nitrogens with zero attached hydrogens (tertiary/aromatic N) is 2. The lowest BCUT2D eigenvalue weighted by Crippen LogP contribution is -2.53. The van der Waals surface area contributed by atoms with Gasteiger partial charge in [0, 0.05) is 28.2 Å². The molecule has 214 valence electrons. The summed E-state index contributed by atoms with van der Waals surface area (Å²) in [5.41, 5.74) is 2.51. The fourth-order valence-electron chi connectivity index (χ4n) is 4.50. The maximum Gasteiger partial charge on any atom is 0.264 e. The molecule has 0 fully saturated rings. The van der Waals surface area contributed by atoms with Crippen LogP contribution < -0.4 is 9.62 Å². The molecule has 0 aliphatic carbocycles. The van der Waals surface area contributed by atoms with Crippen molar-refractivity contribution in [3.8, 4) is 0 Å². The van der Waals surface area contributed by atoms with E-state index in [9.17, 15) is 18.0 Å². The average molecular weight is 605 g/mol. The highest BCUT2D eigenvalue weighted by Gasteiger charge is 2.34. The van der Waals surface area contributed by atoms with Crippen molar-refractivity contribution in [2.45, 2.75) is 64.6 Å². The van der Waals surface area contributed by atoms with Crippen molar-refractivity contribution < 1.29 is 18.0 Å². The Morgan fingerprint density at radius 1 is 0.900 bits per heavy atom. The number of rotatable bonds is 11. The molecule has 0 unspecified atom stereocenters. The minimum atomic E-state index is -4.14. The molecule has 3 aromatic rings. The lowest BCUT2D eigenvalue weighted by Gasteiger charge is -2.34. The van der Waals surface area contributed by atoms with Gasteiger partial charge in [-0.25, -0.2) is 8.42 Å². The molecule has 10 heteroatoms. The maximum atomic E-state index is 14.1. The normalized spacial score (nSPS) is 12.2. The minimum absolute atomic E-state index is 0.0484. The highest BCUT2D eigenvalue weighted by atomic mass is 35.5. The van der Waals surface area contributed by atoms with E-state index in [4.69, 9.17) is 23.2 Å². The van der Waals surface area contributed by atoms with Crippen molar-refractivity contribution in [2.75, 3.05) is 10.8 Å². The van der Waals surface area contributed by atoms with Gasteiger partial charge in [0.15, 0.2) is 0 Å². The number of sulfonamides is 1. The molecular formula is C30H35Cl2N3O4S. The van der Waals surface area contributed by atoms with E-state index < -0.39 is 28.5 Å². The van der Waals surface area contributed by atoms with Gasteiger partial charge in [0.25, 0.3) is 10.0 Å². The fourth-order valence-corrected chi connectivity index (χ4v) is 6.43. The summed E-state index contributed by atoms with van der Waals surface area (Å²) in [7, 11) is -4.14. The Morgan fingerprint density at radius 3 is 2.00 bits per heavy atom. The fraction of sp³-hybridized carbons (Fsp3) is 0.333. The lowest BCUT2D eigenvalue weighted by molar-refractivity contribution is -0.140. The number of amides is 2. The predicted octanol–water partition coefficient (Wildman–Crippen LogP) is 6.14. The molecule has 0 aliphatic heterocycles. The predicted molar refractivity (Wildman–Crippen MR) is 161 cm³/mol. The molecule has 0 saturated heterocycles. The van der Waals surface area contributed by atoms with Crippen molar-refractivity contribution in [3.63, 3.8) is 0 Å². The summed E-state index contributed by atoms with van der Waals surface area (Å²) in [5, 5.41) is 3.55. The Hall–Kier alpha value is -3.07. The van der Waals surface area contributed by atoms with Gasteiger partial charge < -0.3 is 10.2 Å². The Kier molecular flexibility index (Phi) is 10.6. The molecule has 0 spiro atoms. The Labute approximate surface area is 247 Å².